The van der Waals surface area contributed by atoms with Crippen LogP contribution in [-0.2, 0) is 13.0 Å². The molecule has 0 saturated carbocycles. The number of aliphatic hydroxyl groups is 1. The number of pyridine rings is 1. The summed E-state index contributed by atoms with van der Waals surface area (Å²) in [5, 5.41) is 12.3. The first-order chi connectivity index (χ1) is 8.79. The van der Waals surface area contributed by atoms with E-state index in [1.165, 1.54) is 12.1 Å². The summed E-state index contributed by atoms with van der Waals surface area (Å²) in [5.41, 5.74) is 1.84. The van der Waals surface area contributed by atoms with Gasteiger partial charge >= 0.3 is 0 Å². The molecule has 2 aromatic rings. The van der Waals surface area contributed by atoms with Crippen LogP contribution in [0.4, 0.5) is 10.2 Å². The number of halogens is 1. The fraction of sp³-hybridized carbons (Fsp3) is 0.214. The normalized spacial score (nSPS) is 10.3. The number of benzene rings is 1. The molecule has 2 rings (SSSR count). The second kappa shape index (κ2) is 6.12. The summed E-state index contributed by atoms with van der Waals surface area (Å²) in [5.74, 6) is 0.473. The van der Waals surface area contributed by atoms with Gasteiger partial charge in [-0.15, -0.1) is 0 Å². The molecule has 18 heavy (non-hydrogen) atoms. The van der Waals surface area contributed by atoms with Gasteiger partial charge in [-0.2, -0.15) is 0 Å². The minimum absolute atomic E-state index is 0.0350. The van der Waals surface area contributed by atoms with Crippen molar-refractivity contribution in [3.05, 3.63) is 59.5 Å². The van der Waals surface area contributed by atoms with Crippen molar-refractivity contribution >= 4 is 5.82 Å². The third kappa shape index (κ3) is 3.28. The Labute approximate surface area is 105 Å². The quantitative estimate of drug-likeness (QED) is 0.851. The molecule has 0 amide bonds. The van der Waals surface area contributed by atoms with Crippen LogP contribution in [0, 0.1) is 5.82 Å². The highest BCUT2D eigenvalue weighted by atomic mass is 19.1. The fourth-order valence-corrected chi connectivity index (χ4v) is 1.70. The fourth-order valence-electron chi connectivity index (χ4n) is 1.70. The van der Waals surface area contributed by atoms with Gasteiger partial charge in [-0.25, -0.2) is 9.37 Å². The van der Waals surface area contributed by atoms with Gasteiger partial charge in [0.05, 0.1) is 6.61 Å². The highest BCUT2D eigenvalue weighted by Gasteiger charge is 2.01. The Morgan fingerprint density at radius 1 is 1.17 bits per heavy atom. The van der Waals surface area contributed by atoms with E-state index in [-0.39, 0.29) is 12.4 Å². The van der Waals surface area contributed by atoms with E-state index in [1.807, 2.05) is 6.07 Å². The lowest BCUT2D eigenvalue weighted by molar-refractivity contribution is 0.282. The second-order valence-electron chi connectivity index (χ2n) is 3.97. The molecule has 0 fully saturated rings. The summed E-state index contributed by atoms with van der Waals surface area (Å²) in [7, 11) is 0. The van der Waals surface area contributed by atoms with E-state index in [1.54, 1.807) is 24.4 Å². The van der Waals surface area contributed by atoms with E-state index < -0.39 is 0 Å². The Balaban J connectivity index is 1.90. The van der Waals surface area contributed by atoms with Gasteiger partial charge in [-0.3, -0.25) is 0 Å². The molecule has 0 atom stereocenters. The monoisotopic (exact) mass is 246 g/mol. The minimum atomic E-state index is -0.223. The summed E-state index contributed by atoms with van der Waals surface area (Å²) in [6.07, 6.45) is 2.46. The van der Waals surface area contributed by atoms with Crippen LogP contribution in [-0.4, -0.2) is 16.6 Å². The summed E-state index contributed by atoms with van der Waals surface area (Å²) in [6, 6.07) is 10.1. The van der Waals surface area contributed by atoms with Crippen LogP contribution < -0.4 is 5.32 Å². The Kier molecular flexibility index (Phi) is 4.25. The van der Waals surface area contributed by atoms with Crippen molar-refractivity contribution in [1.29, 1.82) is 0 Å². The highest BCUT2D eigenvalue weighted by Crippen LogP contribution is 2.11. The zero-order chi connectivity index (χ0) is 12.8. The first-order valence-electron chi connectivity index (χ1n) is 5.82. The average molecular weight is 246 g/mol. The van der Waals surface area contributed by atoms with Crippen LogP contribution >= 0.6 is 0 Å². The molecule has 3 nitrogen and oxygen atoms in total. The van der Waals surface area contributed by atoms with Crippen molar-refractivity contribution in [2.24, 2.45) is 0 Å². The molecule has 0 saturated heterocycles. The van der Waals surface area contributed by atoms with E-state index >= 15 is 0 Å². The van der Waals surface area contributed by atoms with Crippen LogP contribution in [0.3, 0.4) is 0 Å². The first-order valence-corrected chi connectivity index (χ1v) is 5.82. The lowest BCUT2D eigenvalue weighted by Gasteiger charge is -2.09. The van der Waals surface area contributed by atoms with Crippen molar-refractivity contribution < 1.29 is 9.50 Å². The van der Waals surface area contributed by atoms with Gasteiger partial charge in [-0.1, -0.05) is 18.2 Å². The molecule has 0 aliphatic rings. The van der Waals surface area contributed by atoms with Crippen molar-refractivity contribution in [3.63, 3.8) is 0 Å². The van der Waals surface area contributed by atoms with Crippen LogP contribution in [0.15, 0.2) is 42.6 Å². The minimum Gasteiger partial charge on any atom is -0.392 e. The number of hydrogen-bond acceptors (Lipinski definition) is 3. The molecule has 2 N–H and O–H groups in total. The SMILES string of the molecule is OCc1cccnc1NCCc1ccc(F)cc1. The number of anilines is 1. The van der Waals surface area contributed by atoms with E-state index in [0.29, 0.717) is 12.4 Å². The summed E-state index contributed by atoms with van der Waals surface area (Å²) in [6.45, 7) is 0.655. The Bertz CT molecular complexity index is 499. The second-order valence-corrected chi connectivity index (χ2v) is 3.97. The number of aromatic nitrogens is 1. The molecule has 0 spiro atoms. The van der Waals surface area contributed by atoms with E-state index in [0.717, 1.165) is 17.5 Å². The van der Waals surface area contributed by atoms with Crippen molar-refractivity contribution in [2.45, 2.75) is 13.0 Å². The van der Waals surface area contributed by atoms with Gasteiger partial charge in [0.15, 0.2) is 0 Å². The predicted octanol–water partition coefficient (Wildman–Crippen LogP) is 2.37. The summed E-state index contributed by atoms with van der Waals surface area (Å²) < 4.78 is 12.7. The Hall–Kier alpha value is -1.94. The van der Waals surface area contributed by atoms with Gasteiger partial charge in [0, 0.05) is 18.3 Å². The third-order valence-electron chi connectivity index (χ3n) is 2.68. The maximum atomic E-state index is 12.7. The van der Waals surface area contributed by atoms with Crippen LogP contribution in [0.5, 0.6) is 0 Å². The smallest absolute Gasteiger partial charge is 0.131 e. The topological polar surface area (TPSA) is 45.2 Å². The zero-order valence-corrected chi connectivity index (χ0v) is 9.94. The van der Waals surface area contributed by atoms with Gasteiger partial charge in [-0.05, 0) is 30.2 Å². The van der Waals surface area contributed by atoms with Crippen molar-refractivity contribution in [1.82, 2.24) is 4.98 Å². The predicted molar refractivity (Wildman–Crippen MR) is 68.8 cm³/mol. The number of hydrogen-bond donors (Lipinski definition) is 2. The molecule has 0 aliphatic heterocycles. The summed E-state index contributed by atoms with van der Waals surface area (Å²) in [4.78, 5) is 4.16. The van der Waals surface area contributed by atoms with Crippen LogP contribution in [0.1, 0.15) is 11.1 Å². The van der Waals surface area contributed by atoms with Gasteiger partial charge in [0.25, 0.3) is 0 Å². The lowest BCUT2D eigenvalue weighted by atomic mass is 10.1. The van der Waals surface area contributed by atoms with E-state index in [9.17, 15) is 4.39 Å². The molecular weight excluding hydrogens is 231 g/mol. The molecular formula is C14H15FN2O. The van der Waals surface area contributed by atoms with Crippen LogP contribution in [0.2, 0.25) is 0 Å². The van der Waals surface area contributed by atoms with Crippen molar-refractivity contribution in [3.8, 4) is 0 Å². The molecule has 1 aromatic carbocycles. The summed E-state index contributed by atoms with van der Waals surface area (Å²) >= 11 is 0. The molecule has 0 unspecified atom stereocenters. The van der Waals surface area contributed by atoms with Gasteiger partial charge in [0.2, 0.25) is 0 Å². The number of nitrogens with one attached hydrogen (secondary N) is 1. The van der Waals surface area contributed by atoms with Crippen molar-refractivity contribution in [2.75, 3.05) is 11.9 Å². The largest absolute Gasteiger partial charge is 0.392 e. The molecule has 0 radical (unpaired) electrons. The first kappa shape index (κ1) is 12.5. The number of rotatable bonds is 5. The molecule has 0 bridgehead atoms. The molecule has 4 heteroatoms. The average Bonchev–Trinajstić information content (AvgIpc) is 2.41. The third-order valence-corrected chi connectivity index (χ3v) is 2.68. The Morgan fingerprint density at radius 3 is 2.67 bits per heavy atom. The maximum absolute atomic E-state index is 12.7. The van der Waals surface area contributed by atoms with E-state index in [2.05, 4.69) is 10.3 Å². The molecule has 1 heterocycles. The standard InChI is InChI=1S/C14H15FN2O/c15-13-5-3-11(4-6-13)7-9-17-14-12(10-18)2-1-8-16-14/h1-6,8,18H,7,9-10H2,(H,16,17). The van der Waals surface area contributed by atoms with Gasteiger partial charge < -0.3 is 10.4 Å². The zero-order valence-electron chi connectivity index (χ0n) is 9.94. The molecule has 1 aromatic heterocycles. The number of aliphatic hydroxyl groups excluding tert-OH is 1. The number of nitrogens with zero attached hydrogens (tertiary/aromatic N) is 1. The lowest BCUT2D eigenvalue weighted by Crippen LogP contribution is -2.08. The van der Waals surface area contributed by atoms with Gasteiger partial charge in [0.1, 0.15) is 11.6 Å². The molecule has 0 aliphatic carbocycles. The Morgan fingerprint density at radius 2 is 1.94 bits per heavy atom. The maximum Gasteiger partial charge on any atom is 0.131 e. The molecule has 94 valence electrons. The van der Waals surface area contributed by atoms with Crippen LogP contribution in [0.25, 0.3) is 0 Å². The highest BCUT2D eigenvalue weighted by molar-refractivity contribution is 5.43. The van der Waals surface area contributed by atoms with E-state index in [4.69, 9.17) is 5.11 Å².